The van der Waals surface area contributed by atoms with Crippen molar-refractivity contribution in [1.82, 2.24) is 9.78 Å². The molecular formula is C18H17N3O5S. The zero-order chi connectivity index (χ0) is 19.4. The SMILES string of the molecule is Cc1ccc(S(=O)(=O)OCCc2ccc(-n3ccc([N+](=O)[O-])n3)cc2)cc1. The topological polar surface area (TPSA) is 104 Å². The summed E-state index contributed by atoms with van der Waals surface area (Å²) >= 11 is 0. The lowest BCUT2D eigenvalue weighted by molar-refractivity contribution is -0.389. The van der Waals surface area contributed by atoms with Crippen LogP contribution in [0, 0.1) is 17.0 Å². The third-order valence-corrected chi connectivity index (χ3v) is 5.23. The molecule has 0 unspecified atom stereocenters. The predicted molar refractivity (Wildman–Crippen MR) is 98.2 cm³/mol. The van der Waals surface area contributed by atoms with E-state index < -0.39 is 15.0 Å². The van der Waals surface area contributed by atoms with Gasteiger partial charge in [0.05, 0.1) is 34.6 Å². The minimum atomic E-state index is -3.78. The number of aryl methyl sites for hydroxylation is 1. The molecule has 0 aliphatic carbocycles. The first kappa shape index (κ1) is 18.7. The summed E-state index contributed by atoms with van der Waals surface area (Å²) in [4.78, 5) is 10.3. The van der Waals surface area contributed by atoms with Crippen molar-refractivity contribution >= 4 is 15.9 Å². The Labute approximate surface area is 156 Å². The second-order valence-electron chi connectivity index (χ2n) is 5.88. The van der Waals surface area contributed by atoms with Gasteiger partial charge in [0.2, 0.25) is 0 Å². The van der Waals surface area contributed by atoms with Crippen LogP contribution < -0.4 is 0 Å². The average molecular weight is 387 g/mol. The largest absolute Gasteiger partial charge is 0.390 e. The second kappa shape index (κ2) is 7.68. The van der Waals surface area contributed by atoms with E-state index in [1.165, 1.54) is 29.1 Å². The summed E-state index contributed by atoms with van der Waals surface area (Å²) in [5, 5.41) is 14.5. The van der Waals surface area contributed by atoms with Gasteiger partial charge in [-0.25, -0.2) is 0 Å². The molecule has 3 rings (SSSR count). The van der Waals surface area contributed by atoms with Crippen molar-refractivity contribution in [3.05, 3.63) is 82.0 Å². The van der Waals surface area contributed by atoms with E-state index in [2.05, 4.69) is 5.10 Å². The van der Waals surface area contributed by atoms with Gasteiger partial charge in [0.15, 0.2) is 0 Å². The lowest BCUT2D eigenvalue weighted by atomic mass is 10.1. The molecule has 3 aromatic rings. The third kappa shape index (κ3) is 4.57. The zero-order valence-corrected chi connectivity index (χ0v) is 15.3. The summed E-state index contributed by atoms with van der Waals surface area (Å²) in [6.07, 6.45) is 1.91. The molecule has 0 saturated carbocycles. The molecule has 0 bridgehead atoms. The molecule has 0 radical (unpaired) electrons. The summed E-state index contributed by atoms with van der Waals surface area (Å²) in [7, 11) is -3.78. The number of hydrogen-bond acceptors (Lipinski definition) is 6. The van der Waals surface area contributed by atoms with Gasteiger partial charge >= 0.3 is 5.82 Å². The number of nitro groups is 1. The maximum Gasteiger partial charge on any atom is 0.390 e. The first-order chi connectivity index (χ1) is 12.8. The van der Waals surface area contributed by atoms with E-state index in [1.807, 2.05) is 6.92 Å². The smallest absolute Gasteiger partial charge is 0.358 e. The molecule has 27 heavy (non-hydrogen) atoms. The van der Waals surface area contributed by atoms with Gasteiger partial charge in [0, 0.05) is 0 Å². The highest BCUT2D eigenvalue weighted by Crippen LogP contribution is 2.15. The van der Waals surface area contributed by atoms with Crippen LogP contribution in [0.5, 0.6) is 0 Å². The van der Waals surface area contributed by atoms with E-state index in [0.29, 0.717) is 12.1 Å². The number of benzene rings is 2. The van der Waals surface area contributed by atoms with E-state index in [4.69, 9.17) is 4.18 Å². The summed E-state index contributed by atoms with van der Waals surface area (Å²) < 4.78 is 30.8. The van der Waals surface area contributed by atoms with Crippen molar-refractivity contribution in [2.45, 2.75) is 18.2 Å². The fraction of sp³-hybridized carbons (Fsp3) is 0.167. The average Bonchev–Trinajstić information content (AvgIpc) is 3.13. The molecule has 0 atom stereocenters. The van der Waals surface area contributed by atoms with Crippen LogP contribution in [0.3, 0.4) is 0 Å². The maximum absolute atomic E-state index is 12.1. The fourth-order valence-corrected chi connectivity index (χ4v) is 3.32. The van der Waals surface area contributed by atoms with Crippen molar-refractivity contribution in [3.8, 4) is 5.69 Å². The van der Waals surface area contributed by atoms with Gasteiger partial charge in [0.1, 0.15) is 0 Å². The van der Waals surface area contributed by atoms with Crippen LogP contribution in [-0.4, -0.2) is 29.7 Å². The van der Waals surface area contributed by atoms with Crippen molar-refractivity contribution in [3.63, 3.8) is 0 Å². The summed E-state index contributed by atoms with van der Waals surface area (Å²) in [6, 6.07) is 14.9. The van der Waals surface area contributed by atoms with Gasteiger partial charge < -0.3 is 10.1 Å². The highest BCUT2D eigenvalue weighted by molar-refractivity contribution is 7.86. The highest BCUT2D eigenvalue weighted by atomic mass is 32.2. The lowest BCUT2D eigenvalue weighted by Crippen LogP contribution is -2.09. The van der Waals surface area contributed by atoms with Gasteiger partial charge in [0.25, 0.3) is 10.1 Å². The van der Waals surface area contributed by atoms with Crippen molar-refractivity contribution < 1.29 is 17.5 Å². The highest BCUT2D eigenvalue weighted by Gasteiger charge is 2.15. The van der Waals surface area contributed by atoms with E-state index in [9.17, 15) is 18.5 Å². The molecule has 140 valence electrons. The quantitative estimate of drug-likeness (QED) is 0.351. The van der Waals surface area contributed by atoms with Crippen LogP contribution in [0.4, 0.5) is 5.82 Å². The van der Waals surface area contributed by atoms with Crippen LogP contribution in [0.1, 0.15) is 11.1 Å². The number of rotatable bonds is 7. The molecule has 1 heterocycles. The van der Waals surface area contributed by atoms with Gasteiger partial charge in [-0.15, -0.1) is 4.68 Å². The summed E-state index contributed by atoms with van der Waals surface area (Å²) in [5.41, 5.74) is 2.51. The Kier molecular flexibility index (Phi) is 5.33. The normalized spacial score (nSPS) is 11.4. The standard InChI is InChI=1S/C18H17N3O5S/c1-14-2-8-17(9-3-14)27(24,25)26-13-11-15-4-6-16(7-5-15)20-12-10-18(19-20)21(22)23/h2-10,12H,11,13H2,1H3. The molecule has 9 heteroatoms. The summed E-state index contributed by atoms with van der Waals surface area (Å²) in [6.45, 7) is 1.89. The van der Waals surface area contributed by atoms with E-state index >= 15 is 0 Å². The Bertz CT molecular complexity index is 1040. The molecule has 0 aliphatic heterocycles. The minimum Gasteiger partial charge on any atom is -0.358 e. The second-order valence-corrected chi connectivity index (χ2v) is 7.50. The van der Waals surface area contributed by atoms with Crippen LogP contribution in [-0.2, 0) is 20.7 Å². The van der Waals surface area contributed by atoms with Crippen LogP contribution in [0.2, 0.25) is 0 Å². The molecule has 0 aliphatic rings. The van der Waals surface area contributed by atoms with E-state index in [1.54, 1.807) is 36.4 Å². The van der Waals surface area contributed by atoms with Crippen molar-refractivity contribution in [2.75, 3.05) is 6.61 Å². The number of nitrogens with zero attached hydrogens (tertiary/aromatic N) is 3. The summed E-state index contributed by atoms with van der Waals surface area (Å²) in [5.74, 6) is -0.228. The molecule has 0 fully saturated rings. The van der Waals surface area contributed by atoms with Gasteiger partial charge in [-0.3, -0.25) is 4.18 Å². The number of hydrogen-bond donors (Lipinski definition) is 0. The molecule has 0 spiro atoms. The van der Waals surface area contributed by atoms with E-state index in [0.717, 1.165) is 11.1 Å². The van der Waals surface area contributed by atoms with Gasteiger partial charge in [-0.05, 0) is 48.1 Å². The Hall–Kier alpha value is -3.04. The molecule has 2 aromatic carbocycles. The molecule has 1 aromatic heterocycles. The minimum absolute atomic E-state index is 0.0167. The molecular weight excluding hydrogens is 370 g/mol. The van der Waals surface area contributed by atoms with Crippen LogP contribution >= 0.6 is 0 Å². The zero-order valence-electron chi connectivity index (χ0n) is 14.5. The van der Waals surface area contributed by atoms with Gasteiger partial charge in [-0.1, -0.05) is 29.8 Å². The lowest BCUT2D eigenvalue weighted by Gasteiger charge is -2.06. The monoisotopic (exact) mass is 387 g/mol. The Balaban J connectivity index is 1.60. The molecule has 8 nitrogen and oxygen atoms in total. The maximum atomic E-state index is 12.1. The Morgan fingerprint density at radius 2 is 1.74 bits per heavy atom. The third-order valence-electron chi connectivity index (χ3n) is 3.90. The molecule has 0 saturated heterocycles. The molecule has 0 N–H and O–H groups in total. The first-order valence-electron chi connectivity index (χ1n) is 8.11. The van der Waals surface area contributed by atoms with Crippen LogP contribution in [0.25, 0.3) is 5.69 Å². The van der Waals surface area contributed by atoms with Crippen LogP contribution in [0.15, 0.2) is 65.7 Å². The van der Waals surface area contributed by atoms with E-state index in [-0.39, 0.29) is 17.3 Å². The van der Waals surface area contributed by atoms with Crippen molar-refractivity contribution in [2.24, 2.45) is 0 Å². The van der Waals surface area contributed by atoms with Gasteiger partial charge in [-0.2, -0.15) is 8.42 Å². The first-order valence-corrected chi connectivity index (χ1v) is 9.51. The predicted octanol–water partition coefficient (Wildman–Crippen LogP) is 3.04. The Morgan fingerprint density at radius 3 is 2.33 bits per heavy atom. The van der Waals surface area contributed by atoms with Crippen molar-refractivity contribution in [1.29, 1.82) is 0 Å². The fourth-order valence-electron chi connectivity index (χ4n) is 2.41. The Morgan fingerprint density at radius 1 is 1.07 bits per heavy atom. The number of aromatic nitrogens is 2. The molecule has 0 amide bonds.